The van der Waals surface area contributed by atoms with Gasteiger partial charge in [0.2, 0.25) is 5.91 Å². The minimum Gasteiger partial charge on any atom is -0.325 e. The van der Waals surface area contributed by atoms with Crippen molar-refractivity contribution >= 4 is 34.7 Å². The molecule has 2 aromatic rings. The van der Waals surface area contributed by atoms with Crippen LogP contribution in [0.2, 0.25) is 0 Å². The average molecular weight is 279 g/mol. The molecule has 0 saturated heterocycles. The molecule has 0 aliphatic carbocycles. The maximum Gasteiger partial charge on any atom is 0.234 e. The summed E-state index contributed by atoms with van der Waals surface area (Å²) in [5, 5.41) is 10.5. The molecular weight excluding hydrogens is 266 g/mol. The van der Waals surface area contributed by atoms with E-state index in [0.717, 1.165) is 10.0 Å². The van der Waals surface area contributed by atoms with Crippen LogP contribution in [0.15, 0.2) is 28.0 Å². The van der Waals surface area contributed by atoms with Gasteiger partial charge in [0, 0.05) is 5.69 Å². The van der Waals surface area contributed by atoms with Crippen LogP contribution in [-0.4, -0.2) is 21.9 Å². The third kappa shape index (κ3) is 3.54. The minimum absolute atomic E-state index is 0.0292. The Morgan fingerprint density at radius 3 is 2.89 bits per heavy atom. The van der Waals surface area contributed by atoms with Crippen LogP contribution in [0.3, 0.4) is 0 Å². The van der Waals surface area contributed by atoms with Crippen LogP contribution in [0.5, 0.6) is 0 Å². The standard InChI is InChI=1S/C12H13N3OS2/c1-8-3-4-10(5-9(8)2)14-11(16)6-17-12-15-13-7-18-12/h3-5,7H,6H2,1-2H3,(H,14,16). The second kappa shape index (κ2) is 5.97. The van der Waals surface area contributed by atoms with E-state index in [4.69, 9.17) is 0 Å². The predicted molar refractivity (Wildman–Crippen MR) is 75.2 cm³/mol. The molecule has 1 aromatic carbocycles. The number of anilines is 1. The van der Waals surface area contributed by atoms with Gasteiger partial charge in [0.15, 0.2) is 4.34 Å². The van der Waals surface area contributed by atoms with Crippen LogP contribution in [0.4, 0.5) is 5.69 Å². The Balaban J connectivity index is 1.88. The second-order valence-corrected chi connectivity index (χ2v) is 5.90. The molecule has 6 heteroatoms. The zero-order valence-electron chi connectivity index (χ0n) is 10.1. The molecule has 0 aliphatic heterocycles. The monoisotopic (exact) mass is 279 g/mol. The van der Waals surface area contributed by atoms with Crippen LogP contribution in [0.1, 0.15) is 11.1 Å². The fourth-order valence-corrected chi connectivity index (χ4v) is 2.66. The smallest absolute Gasteiger partial charge is 0.234 e. The number of aromatic nitrogens is 2. The Kier molecular flexibility index (Phi) is 4.33. The molecule has 0 atom stereocenters. The van der Waals surface area contributed by atoms with E-state index in [1.165, 1.54) is 34.2 Å². The molecule has 1 amide bonds. The van der Waals surface area contributed by atoms with Crippen molar-refractivity contribution in [3.63, 3.8) is 0 Å². The lowest BCUT2D eigenvalue weighted by atomic mass is 10.1. The summed E-state index contributed by atoms with van der Waals surface area (Å²) in [4.78, 5) is 11.7. The number of nitrogens with one attached hydrogen (secondary N) is 1. The first-order valence-electron chi connectivity index (χ1n) is 5.41. The quantitative estimate of drug-likeness (QED) is 0.874. The number of thioether (sulfide) groups is 1. The van der Waals surface area contributed by atoms with Crippen molar-refractivity contribution in [2.45, 2.75) is 18.2 Å². The first-order valence-corrected chi connectivity index (χ1v) is 7.28. The Labute approximate surface area is 114 Å². The number of aryl methyl sites for hydroxylation is 2. The van der Waals surface area contributed by atoms with Gasteiger partial charge >= 0.3 is 0 Å². The third-order valence-corrected chi connectivity index (χ3v) is 4.32. The number of benzene rings is 1. The summed E-state index contributed by atoms with van der Waals surface area (Å²) in [6.45, 7) is 4.08. The molecule has 1 aromatic heterocycles. The fraction of sp³-hybridized carbons (Fsp3) is 0.250. The number of amides is 1. The van der Waals surface area contributed by atoms with Crippen LogP contribution in [0.25, 0.3) is 0 Å². The van der Waals surface area contributed by atoms with E-state index in [0.29, 0.717) is 5.75 Å². The summed E-state index contributed by atoms with van der Waals surface area (Å²) in [7, 11) is 0. The molecule has 0 aliphatic rings. The Morgan fingerprint density at radius 1 is 1.39 bits per heavy atom. The summed E-state index contributed by atoms with van der Waals surface area (Å²) in [6.07, 6.45) is 0. The van der Waals surface area contributed by atoms with E-state index in [1.807, 2.05) is 32.0 Å². The van der Waals surface area contributed by atoms with Gasteiger partial charge in [-0.2, -0.15) is 0 Å². The van der Waals surface area contributed by atoms with Crippen molar-refractivity contribution in [2.24, 2.45) is 0 Å². The Bertz CT molecular complexity index is 540. The molecular formula is C12H13N3OS2. The van der Waals surface area contributed by atoms with E-state index in [9.17, 15) is 4.79 Å². The lowest BCUT2D eigenvalue weighted by Crippen LogP contribution is -2.14. The molecule has 2 rings (SSSR count). The largest absolute Gasteiger partial charge is 0.325 e. The summed E-state index contributed by atoms with van der Waals surface area (Å²) >= 11 is 2.83. The summed E-state index contributed by atoms with van der Waals surface area (Å²) in [6, 6.07) is 5.89. The normalized spacial score (nSPS) is 10.3. The molecule has 4 nitrogen and oxygen atoms in total. The first kappa shape index (κ1) is 13.0. The summed E-state index contributed by atoms with van der Waals surface area (Å²) in [5.41, 5.74) is 4.88. The summed E-state index contributed by atoms with van der Waals surface area (Å²) in [5.74, 6) is 0.320. The van der Waals surface area contributed by atoms with Crippen LogP contribution >= 0.6 is 23.1 Å². The van der Waals surface area contributed by atoms with Gasteiger partial charge < -0.3 is 5.32 Å². The third-order valence-electron chi connectivity index (χ3n) is 2.46. The lowest BCUT2D eigenvalue weighted by molar-refractivity contribution is -0.113. The van der Waals surface area contributed by atoms with E-state index in [1.54, 1.807) is 5.51 Å². The molecule has 0 radical (unpaired) electrons. The van der Waals surface area contributed by atoms with Crippen molar-refractivity contribution in [3.05, 3.63) is 34.8 Å². The first-order chi connectivity index (χ1) is 8.65. The average Bonchev–Trinajstić information content (AvgIpc) is 2.84. The van der Waals surface area contributed by atoms with Gasteiger partial charge in [-0.1, -0.05) is 29.2 Å². The number of carbonyl (C=O) groups is 1. The topological polar surface area (TPSA) is 54.9 Å². The van der Waals surface area contributed by atoms with Gasteiger partial charge in [-0.25, -0.2) is 0 Å². The van der Waals surface area contributed by atoms with Gasteiger partial charge in [-0.15, -0.1) is 10.2 Å². The maximum atomic E-state index is 11.7. The van der Waals surface area contributed by atoms with Gasteiger partial charge in [-0.3, -0.25) is 4.79 Å². The van der Waals surface area contributed by atoms with Gasteiger partial charge in [-0.05, 0) is 37.1 Å². The SMILES string of the molecule is Cc1ccc(NC(=O)CSc2nncs2)cc1C. The maximum absolute atomic E-state index is 11.7. The second-order valence-electron chi connectivity index (χ2n) is 3.84. The van der Waals surface area contributed by atoms with Crippen LogP contribution in [-0.2, 0) is 4.79 Å². The van der Waals surface area contributed by atoms with E-state index in [-0.39, 0.29) is 5.91 Å². The number of hydrogen-bond donors (Lipinski definition) is 1. The van der Waals surface area contributed by atoms with E-state index < -0.39 is 0 Å². The van der Waals surface area contributed by atoms with Crippen LogP contribution < -0.4 is 5.32 Å². The number of hydrogen-bond acceptors (Lipinski definition) is 5. The van der Waals surface area contributed by atoms with Gasteiger partial charge in [0.05, 0.1) is 5.75 Å². The highest BCUT2D eigenvalue weighted by molar-refractivity contribution is 8.01. The molecule has 94 valence electrons. The highest BCUT2D eigenvalue weighted by Gasteiger charge is 2.06. The van der Waals surface area contributed by atoms with Crippen molar-refractivity contribution in [1.29, 1.82) is 0 Å². The van der Waals surface area contributed by atoms with Gasteiger partial charge in [0.25, 0.3) is 0 Å². The molecule has 18 heavy (non-hydrogen) atoms. The van der Waals surface area contributed by atoms with Crippen molar-refractivity contribution in [3.8, 4) is 0 Å². The minimum atomic E-state index is -0.0292. The summed E-state index contributed by atoms with van der Waals surface area (Å²) < 4.78 is 0.810. The van der Waals surface area contributed by atoms with Crippen molar-refractivity contribution in [2.75, 3.05) is 11.1 Å². The van der Waals surface area contributed by atoms with E-state index in [2.05, 4.69) is 15.5 Å². The molecule has 1 N–H and O–H groups in total. The van der Waals surface area contributed by atoms with E-state index >= 15 is 0 Å². The zero-order valence-corrected chi connectivity index (χ0v) is 11.8. The van der Waals surface area contributed by atoms with Crippen LogP contribution in [0, 0.1) is 13.8 Å². The fourth-order valence-electron chi connectivity index (χ4n) is 1.37. The van der Waals surface area contributed by atoms with Crippen molar-refractivity contribution < 1.29 is 4.79 Å². The lowest BCUT2D eigenvalue weighted by Gasteiger charge is -2.06. The van der Waals surface area contributed by atoms with Crippen molar-refractivity contribution in [1.82, 2.24) is 10.2 Å². The predicted octanol–water partition coefficient (Wildman–Crippen LogP) is 2.89. The number of nitrogens with zero attached hydrogens (tertiary/aromatic N) is 2. The highest BCUT2D eigenvalue weighted by atomic mass is 32.2. The zero-order chi connectivity index (χ0) is 13.0. The Morgan fingerprint density at radius 2 is 2.22 bits per heavy atom. The molecule has 0 spiro atoms. The molecule has 0 unspecified atom stereocenters. The Hall–Kier alpha value is -1.40. The van der Waals surface area contributed by atoms with Gasteiger partial charge in [0.1, 0.15) is 5.51 Å². The number of rotatable bonds is 4. The molecule has 1 heterocycles. The molecule has 0 bridgehead atoms. The molecule has 0 saturated carbocycles. The molecule has 0 fully saturated rings. The number of carbonyl (C=O) groups excluding carboxylic acids is 1. The highest BCUT2D eigenvalue weighted by Crippen LogP contribution is 2.19.